The first-order valence-corrected chi connectivity index (χ1v) is 4.39. The number of nitrogens with zero attached hydrogens (tertiary/aromatic N) is 1. The summed E-state index contributed by atoms with van der Waals surface area (Å²) in [4.78, 5) is 14.3. The zero-order valence-corrected chi connectivity index (χ0v) is 8.71. The minimum atomic E-state index is -1.16. The fraction of sp³-hybridized carbons (Fsp3) is 0.200. The van der Waals surface area contributed by atoms with E-state index in [-0.39, 0.29) is 10.7 Å². The second-order valence-corrected chi connectivity index (χ2v) is 3.00. The van der Waals surface area contributed by atoms with Crippen LogP contribution in [0.15, 0.2) is 12.3 Å². The Hall–Kier alpha value is -1.57. The molecule has 1 aromatic heterocycles. The topological polar surface area (TPSA) is 59.4 Å². The van der Waals surface area contributed by atoms with Crippen LogP contribution in [0.4, 0.5) is 0 Å². The van der Waals surface area contributed by atoms with E-state index in [1.807, 2.05) is 0 Å². The molecule has 78 valence electrons. The van der Waals surface area contributed by atoms with Crippen molar-refractivity contribution >= 4 is 17.6 Å². The van der Waals surface area contributed by atoms with Gasteiger partial charge in [0.1, 0.15) is 6.61 Å². The second-order valence-electron chi connectivity index (χ2n) is 2.59. The van der Waals surface area contributed by atoms with Gasteiger partial charge in [0.05, 0.1) is 5.02 Å². The number of carboxylic acid groups (broad SMARTS) is 1. The summed E-state index contributed by atoms with van der Waals surface area (Å²) in [6, 6.07) is 1.46. The normalized spacial score (nSPS) is 9.20. The number of hydrogen-bond acceptors (Lipinski definition) is 3. The van der Waals surface area contributed by atoms with Gasteiger partial charge >= 0.3 is 5.97 Å². The molecule has 0 unspecified atom stereocenters. The van der Waals surface area contributed by atoms with Gasteiger partial charge in [-0.15, -0.1) is 0 Å². The highest BCUT2D eigenvalue weighted by molar-refractivity contribution is 6.33. The molecular formula is C10H8ClNO3. The summed E-state index contributed by atoms with van der Waals surface area (Å²) in [5.41, 5.74) is 0.385. The van der Waals surface area contributed by atoms with Crippen LogP contribution in [0.1, 0.15) is 16.1 Å². The molecule has 5 heteroatoms. The maximum atomic E-state index is 10.6. The maximum Gasteiger partial charge on any atom is 0.356 e. The van der Waals surface area contributed by atoms with Gasteiger partial charge in [-0.1, -0.05) is 23.4 Å². The Balaban J connectivity index is 2.93. The van der Waals surface area contributed by atoms with Crippen molar-refractivity contribution in [2.45, 2.75) is 0 Å². The molecule has 0 fully saturated rings. The highest BCUT2D eigenvalue weighted by Gasteiger charge is 2.09. The Morgan fingerprint density at radius 1 is 1.73 bits per heavy atom. The van der Waals surface area contributed by atoms with Crippen LogP contribution in [0.3, 0.4) is 0 Å². The number of aromatic nitrogens is 1. The van der Waals surface area contributed by atoms with Gasteiger partial charge in [0.15, 0.2) is 5.69 Å². The number of aromatic carboxylic acids is 1. The molecule has 0 aliphatic carbocycles. The molecular weight excluding hydrogens is 218 g/mol. The fourth-order valence-corrected chi connectivity index (χ4v) is 1.12. The van der Waals surface area contributed by atoms with E-state index in [9.17, 15) is 4.79 Å². The summed E-state index contributed by atoms with van der Waals surface area (Å²) < 4.78 is 4.73. The van der Waals surface area contributed by atoms with E-state index in [4.69, 9.17) is 21.4 Å². The number of ether oxygens (including phenoxy) is 1. The Morgan fingerprint density at radius 2 is 2.47 bits per heavy atom. The smallest absolute Gasteiger partial charge is 0.356 e. The van der Waals surface area contributed by atoms with Gasteiger partial charge in [0.2, 0.25) is 0 Å². The zero-order valence-electron chi connectivity index (χ0n) is 7.95. The Bertz CT molecular complexity index is 434. The van der Waals surface area contributed by atoms with Gasteiger partial charge in [0.25, 0.3) is 0 Å². The first-order chi connectivity index (χ1) is 7.15. The predicted octanol–water partition coefficient (Wildman–Crippen LogP) is 1.43. The number of halogens is 1. The molecule has 0 aromatic carbocycles. The van der Waals surface area contributed by atoms with Gasteiger partial charge in [0, 0.05) is 18.9 Å². The van der Waals surface area contributed by atoms with Gasteiger partial charge < -0.3 is 9.84 Å². The van der Waals surface area contributed by atoms with Crippen LogP contribution in [-0.4, -0.2) is 29.8 Å². The van der Waals surface area contributed by atoms with Crippen LogP contribution in [0.5, 0.6) is 0 Å². The van der Waals surface area contributed by atoms with E-state index in [0.29, 0.717) is 12.2 Å². The molecule has 0 spiro atoms. The molecule has 0 saturated heterocycles. The van der Waals surface area contributed by atoms with Gasteiger partial charge in [-0.25, -0.2) is 9.78 Å². The third-order valence-corrected chi connectivity index (χ3v) is 1.78. The minimum Gasteiger partial charge on any atom is -0.476 e. The lowest BCUT2D eigenvalue weighted by Crippen LogP contribution is -2.01. The molecule has 1 aromatic rings. The van der Waals surface area contributed by atoms with Gasteiger partial charge in [-0.05, 0) is 6.07 Å². The van der Waals surface area contributed by atoms with Crippen molar-refractivity contribution in [2.24, 2.45) is 0 Å². The van der Waals surface area contributed by atoms with Crippen molar-refractivity contribution in [3.05, 3.63) is 28.5 Å². The van der Waals surface area contributed by atoms with E-state index in [1.54, 1.807) is 0 Å². The van der Waals surface area contributed by atoms with Gasteiger partial charge in [-0.3, -0.25) is 0 Å². The molecule has 0 bridgehead atoms. The van der Waals surface area contributed by atoms with E-state index < -0.39 is 5.97 Å². The van der Waals surface area contributed by atoms with Crippen molar-refractivity contribution in [2.75, 3.05) is 13.7 Å². The molecule has 4 nitrogen and oxygen atoms in total. The molecule has 0 saturated carbocycles. The van der Waals surface area contributed by atoms with Crippen LogP contribution in [0, 0.1) is 11.8 Å². The molecule has 0 aliphatic rings. The number of methoxy groups -OCH3 is 1. The summed E-state index contributed by atoms with van der Waals surface area (Å²) in [5.74, 6) is 4.29. The first kappa shape index (κ1) is 11.5. The molecule has 1 N–H and O–H groups in total. The highest BCUT2D eigenvalue weighted by atomic mass is 35.5. The lowest BCUT2D eigenvalue weighted by Gasteiger charge is -1.97. The summed E-state index contributed by atoms with van der Waals surface area (Å²) in [6.45, 7) is 0.304. The molecule has 1 rings (SSSR count). The number of carbonyl (C=O) groups is 1. The average molecular weight is 226 g/mol. The lowest BCUT2D eigenvalue weighted by molar-refractivity contribution is 0.0690. The monoisotopic (exact) mass is 225 g/mol. The fourth-order valence-electron chi connectivity index (χ4n) is 0.874. The van der Waals surface area contributed by atoms with Crippen molar-refractivity contribution < 1.29 is 14.6 Å². The van der Waals surface area contributed by atoms with E-state index in [1.165, 1.54) is 19.4 Å². The molecule has 0 atom stereocenters. The molecule has 0 aliphatic heterocycles. The van der Waals surface area contributed by atoms with E-state index >= 15 is 0 Å². The summed E-state index contributed by atoms with van der Waals surface area (Å²) in [7, 11) is 1.54. The maximum absolute atomic E-state index is 10.6. The van der Waals surface area contributed by atoms with Crippen molar-refractivity contribution in [1.82, 2.24) is 4.98 Å². The van der Waals surface area contributed by atoms with Crippen molar-refractivity contribution in [1.29, 1.82) is 0 Å². The standard InChI is InChI=1S/C10H8ClNO3/c1-15-4-2-3-7-5-8(11)9(10(13)14)12-6-7/h5-6H,4H2,1H3,(H,13,14). The van der Waals surface area contributed by atoms with Crippen LogP contribution in [0.25, 0.3) is 0 Å². The largest absolute Gasteiger partial charge is 0.476 e. The Kier molecular flexibility index (Phi) is 4.10. The summed E-state index contributed by atoms with van der Waals surface area (Å²) in [5, 5.41) is 8.74. The summed E-state index contributed by atoms with van der Waals surface area (Å²) >= 11 is 5.69. The second kappa shape index (κ2) is 5.35. The average Bonchev–Trinajstić information content (AvgIpc) is 2.17. The van der Waals surface area contributed by atoms with E-state index in [2.05, 4.69) is 16.8 Å². The van der Waals surface area contributed by atoms with Gasteiger partial charge in [-0.2, -0.15) is 0 Å². The third kappa shape index (κ3) is 3.24. The molecule has 1 heterocycles. The predicted molar refractivity (Wildman–Crippen MR) is 55.0 cm³/mol. The minimum absolute atomic E-state index is 0.0757. The van der Waals surface area contributed by atoms with Crippen LogP contribution >= 0.6 is 11.6 Å². The van der Waals surface area contributed by atoms with Crippen molar-refractivity contribution in [3.8, 4) is 11.8 Å². The SMILES string of the molecule is COCC#Cc1cnc(C(=O)O)c(Cl)c1. The van der Waals surface area contributed by atoms with Crippen LogP contribution in [-0.2, 0) is 4.74 Å². The number of hydrogen-bond donors (Lipinski definition) is 1. The van der Waals surface area contributed by atoms with Crippen LogP contribution in [0.2, 0.25) is 5.02 Å². The lowest BCUT2D eigenvalue weighted by atomic mass is 10.2. The third-order valence-electron chi connectivity index (χ3n) is 1.49. The highest BCUT2D eigenvalue weighted by Crippen LogP contribution is 2.14. The van der Waals surface area contributed by atoms with Crippen LogP contribution < -0.4 is 0 Å². The summed E-state index contributed by atoms with van der Waals surface area (Å²) in [6.07, 6.45) is 1.36. The Morgan fingerprint density at radius 3 is 3.00 bits per heavy atom. The Labute approximate surface area is 91.8 Å². The first-order valence-electron chi connectivity index (χ1n) is 4.02. The number of rotatable bonds is 2. The number of pyridine rings is 1. The quantitative estimate of drug-likeness (QED) is 0.774. The zero-order chi connectivity index (χ0) is 11.3. The number of carboxylic acids is 1. The van der Waals surface area contributed by atoms with Crippen molar-refractivity contribution in [3.63, 3.8) is 0 Å². The molecule has 0 amide bonds. The molecule has 0 radical (unpaired) electrons. The molecule has 15 heavy (non-hydrogen) atoms. The van der Waals surface area contributed by atoms with E-state index in [0.717, 1.165) is 0 Å².